The van der Waals surface area contributed by atoms with Crippen molar-refractivity contribution in [3.8, 4) is 0 Å². The molecule has 0 atom stereocenters. The van der Waals surface area contributed by atoms with Gasteiger partial charge < -0.3 is 0 Å². The second kappa shape index (κ2) is 6.72. The highest BCUT2D eigenvalue weighted by molar-refractivity contribution is 6.34. The number of halogens is 4. The molecule has 0 heterocycles. The summed E-state index contributed by atoms with van der Waals surface area (Å²) in [7, 11) is 0. The van der Waals surface area contributed by atoms with E-state index in [1.54, 1.807) is 0 Å². The third-order valence-electron chi connectivity index (χ3n) is 2.53. The molecule has 0 saturated heterocycles. The van der Waals surface area contributed by atoms with Crippen LogP contribution in [0.4, 0.5) is 8.78 Å². The lowest BCUT2D eigenvalue weighted by Crippen LogP contribution is -2.14. The molecule has 0 radical (unpaired) electrons. The predicted octanol–water partition coefficient (Wildman–Crippen LogP) is 4.20. The van der Waals surface area contributed by atoms with Crippen molar-refractivity contribution in [1.29, 1.82) is 0 Å². The minimum atomic E-state index is -1.34. The molecular formula is C14H6Cl2F2O4. The molecule has 2 aromatic rings. The molecule has 0 bridgehead atoms. The Hall–Kier alpha value is -2.18. The van der Waals surface area contributed by atoms with Gasteiger partial charge >= 0.3 is 11.9 Å². The predicted molar refractivity (Wildman–Crippen MR) is 73.7 cm³/mol. The van der Waals surface area contributed by atoms with Gasteiger partial charge in [-0.1, -0.05) is 35.3 Å². The Bertz CT molecular complexity index is 646. The zero-order valence-electron chi connectivity index (χ0n) is 10.6. The maximum absolute atomic E-state index is 13.5. The van der Waals surface area contributed by atoms with Crippen LogP contribution in [0.1, 0.15) is 20.7 Å². The zero-order chi connectivity index (χ0) is 16.3. The first-order valence-electron chi connectivity index (χ1n) is 5.73. The van der Waals surface area contributed by atoms with Crippen LogP contribution in [0.15, 0.2) is 36.4 Å². The molecule has 0 amide bonds. The Balaban J connectivity index is 2.13. The smallest absolute Gasteiger partial charge is 0.241 e. The summed E-state index contributed by atoms with van der Waals surface area (Å²) in [5.74, 6) is -4.61. The summed E-state index contributed by atoms with van der Waals surface area (Å²) in [6.45, 7) is 0. The van der Waals surface area contributed by atoms with Crippen LogP contribution in [0.2, 0.25) is 10.0 Å². The van der Waals surface area contributed by atoms with Gasteiger partial charge in [0.1, 0.15) is 22.8 Å². The molecule has 0 aromatic heterocycles. The molecule has 0 unspecified atom stereocenters. The largest absolute Gasteiger partial charge is 0.390 e. The highest BCUT2D eigenvalue weighted by Crippen LogP contribution is 2.22. The van der Waals surface area contributed by atoms with E-state index in [-0.39, 0.29) is 10.0 Å². The summed E-state index contributed by atoms with van der Waals surface area (Å²) in [4.78, 5) is 31.6. The van der Waals surface area contributed by atoms with E-state index in [1.165, 1.54) is 24.3 Å². The van der Waals surface area contributed by atoms with Gasteiger partial charge in [0.2, 0.25) is 0 Å². The fourth-order valence-corrected chi connectivity index (χ4v) is 2.02. The molecule has 0 aliphatic rings. The molecule has 0 aliphatic heterocycles. The van der Waals surface area contributed by atoms with E-state index in [4.69, 9.17) is 23.2 Å². The fraction of sp³-hybridized carbons (Fsp3) is 0. The lowest BCUT2D eigenvalue weighted by atomic mass is 10.2. The molecule has 0 saturated carbocycles. The second-order valence-electron chi connectivity index (χ2n) is 3.93. The lowest BCUT2D eigenvalue weighted by Gasteiger charge is -2.06. The monoisotopic (exact) mass is 346 g/mol. The van der Waals surface area contributed by atoms with E-state index in [0.717, 1.165) is 12.1 Å². The van der Waals surface area contributed by atoms with Gasteiger partial charge in [-0.2, -0.15) is 0 Å². The Kier molecular flexibility index (Phi) is 4.95. The standard InChI is InChI=1S/C14H6Cl2F2O4/c15-7-3-1-5-9(17)11(7)13(19)21-22-14(20)12-8(16)4-2-6-10(12)18/h1-6H. The van der Waals surface area contributed by atoms with Crippen LogP contribution in [0, 0.1) is 11.6 Å². The molecule has 2 aromatic carbocycles. The molecule has 2 rings (SSSR count). The van der Waals surface area contributed by atoms with Crippen LogP contribution >= 0.6 is 23.2 Å². The highest BCUT2D eigenvalue weighted by atomic mass is 35.5. The van der Waals surface area contributed by atoms with Gasteiger partial charge in [0.05, 0.1) is 10.0 Å². The number of hydrogen-bond acceptors (Lipinski definition) is 4. The summed E-state index contributed by atoms with van der Waals surface area (Å²) in [5.41, 5.74) is -1.23. The van der Waals surface area contributed by atoms with Gasteiger partial charge in [-0.25, -0.2) is 28.1 Å². The van der Waals surface area contributed by atoms with Crippen molar-refractivity contribution in [2.45, 2.75) is 0 Å². The van der Waals surface area contributed by atoms with Crippen LogP contribution in [-0.2, 0) is 9.78 Å². The van der Waals surface area contributed by atoms with Crippen LogP contribution in [-0.4, -0.2) is 11.9 Å². The Morgan fingerprint density at radius 2 is 1.14 bits per heavy atom. The van der Waals surface area contributed by atoms with Crippen molar-refractivity contribution in [1.82, 2.24) is 0 Å². The van der Waals surface area contributed by atoms with Crippen molar-refractivity contribution < 1.29 is 28.1 Å². The van der Waals surface area contributed by atoms with Gasteiger partial charge in [0.25, 0.3) is 0 Å². The Labute approximate surface area is 133 Å². The highest BCUT2D eigenvalue weighted by Gasteiger charge is 2.23. The van der Waals surface area contributed by atoms with Crippen molar-refractivity contribution in [2.24, 2.45) is 0 Å². The van der Waals surface area contributed by atoms with Crippen LogP contribution in [0.3, 0.4) is 0 Å². The average molecular weight is 347 g/mol. The van der Waals surface area contributed by atoms with Gasteiger partial charge in [-0.15, -0.1) is 0 Å². The molecule has 22 heavy (non-hydrogen) atoms. The lowest BCUT2D eigenvalue weighted by molar-refractivity contribution is -0.188. The number of hydrogen-bond donors (Lipinski definition) is 0. The first-order chi connectivity index (χ1) is 10.4. The van der Waals surface area contributed by atoms with E-state index >= 15 is 0 Å². The summed E-state index contributed by atoms with van der Waals surface area (Å²) in [6, 6.07) is 6.99. The first kappa shape index (κ1) is 16.2. The van der Waals surface area contributed by atoms with Gasteiger partial charge in [0, 0.05) is 0 Å². The fourth-order valence-electron chi connectivity index (χ4n) is 1.54. The van der Waals surface area contributed by atoms with Gasteiger partial charge in [-0.3, -0.25) is 0 Å². The number of carbonyl (C=O) groups is 2. The zero-order valence-corrected chi connectivity index (χ0v) is 12.1. The number of rotatable bonds is 2. The summed E-state index contributed by atoms with van der Waals surface area (Å²) < 4.78 is 26.9. The summed E-state index contributed by atoms with van der Waals surface area (Å²) in [6.07, 6.45) is 0. The van der Waals surface area contributed by atoms with E-state index in [9.17, 15) is 18.4 Å². The maximum atomic E-state index is 13.5. The molecule has 0 N–H and O–H groups in total. The van der Waals surface area contributed by atoms with E-state index in [1.807, 2.05) is 0 Å². The molecule has 0 spiro atoms. The van der Waals surface area contributed by atoms with Crippen molar-refractivity contribution in [2.75, 3.05) is 0 Å². The van der Waals surface area contributed by atoms with E-state index in [2.05, 4.69) is 9.78 Å². The Morgan fingerprint density at radius 1 is 0.773 bits per heavy atom. The third kappa shape index (κ3) is 3.35. The number of carbonyl (C=O) groups excluding carboxylic acids is 2. The van der Waals surface area contributed by atoms with Crippen molar-refractivity contribution in [3.05, 3.63) is 69.2 Å². The van der Waals surface area contributed by atoms with Crippen LogP contribution < -0.4 is 0 Å². The van der Waals surface area contributed by atoms with E-state index < -0.39 is 34.7 Å². The van der Waals surface area contributed by atoms with Crippen LogP contribution in [0.25, 0.3) is 0 Å². The maximum Gasteiger partial charge on any atom is 0.390 e. The molecule has 0 aliphatic carbocycles. The molecule has 114 valence electrons. The summed E-state index contributed by atoms with van der Waals surface area (Å²) >= 11 is 11.3. The SMILES string of the molecule is O=C(OOC(=O)c1c(F)cccc1Cl)c1c(F)cccc1Cl. The number of benzene rings is 2. The third-order valence-corrected chi connectivity index (χ3v) is 3.16. The molecular weight excluding hydrogens is 341 g/mol. The Morgan fingerprint density at radius 3 is 1.45 bits per heavy atom. The molecule has 0 fully saturated rings. The van der Waals surface area contributed by atoms with Gasteiger partial charge in [0.15, 0.2) is 0 Å². The first-order valence-corrected chi connectivity index (χ1v) is 6.48. The molecule has 8 heteroatoms. The minimum absolute atomic E-state index is 0.232. The summed E-state index contributed by atoms with van der Waals surface area (Å²) in [5, 5.41) is -0.463. The van der Waals surface area contributed by atoms with Gasteiger partial charge in [-0.05, 0) is 24.3 Å². The van der Waals surface area contributed by atoms with Crippen molar-refractivity contribution >= 4 is 35.1 Å². The molecule has 4 nitrogen and oxygen atoms in total. The van der Waals surface area contributed by atoms with Crippen LogP contribution in [0.5, 0.6) is 0 Å². The second-order valence-corrected chi connectivity index (χ2v) is 4.75. The average Bonchev–Trinajstić information content (AvgIpc) is 2.44. The van der Waals surface area contributed by atoms with Crippen molar-refractivity contribution in [3.63, 3.8) is 0 Å². The minimum Gasteiger partial charge on any atom is -0.241 e. The topological polar surface area (TPSA) is 52.6 Å². The normalized spacial score (nSPS) is 10.2. The van der Waals surface area contributed by atoms with E-state index in [0.29, 0.717) is 0 Å². The quantitative estimate of drug-likeness (QED) is 0.604.